The molecule has 3 heterocycles. The van der Waals surface area contributed by atoms with E-state index >= 15 is 0 Å². The average molecular weight is 357 g/mol. The molecule has 0 aromatic carbocycles. The van der Waals surface area contributed by atoms with Crippen LogP contribution in [0.4, 0.5) is 0 Å². The van der Waals surface area contributed by atoms with Gasteiger partial charge in [-0.15, -0.1) is 0 Å². The van der Waals surface area contributed by atoms with E-state index in [0.717, 1.165) is 24.3 Å². The zero-order chi connectivity index (χ0) is 17.8. The van der Waals surface area contributed by atoms with Crippen LogP contribution in [0, 0.1) is 5.92 Å². The summed E-state index contributed by atoms with van der Waals surface area (Å²) >= 11 is 0. The van der Waals surface area contributed by atoms with E-state index in [1.165, 1.54) is 89.5 Å². The molecule has 1 aliphatic carbocycles. The average Bonchev–Trinajstić information content (AvgIpc) is 3.24. The van der Waals surface area contributed by atoms with Gasteiger partial charge in [-0.1, -0.05) is 19.3 Å². The summed E-state index contributed by atoms with van der Waals surface area (Å²) in [5.74, 6) is 2.58. The van der Waals surface area contributed by atoms with Gasteiger partial charge in [0.05, 0.1) is 0 Å². The van der Waals surface area contributed by atoms with Crippen LogP contribution in [0.1, 0.15) is 82.0 Å². The molecule has 4 rings (SSSR count). The van der Waals surface area contributed by atoms with E-state index in [1.807, 2.05) is 0 Å². The summed E-state index contributed by atoms with van der Waals surface area (Å²) in [6, 6.07) is 0.776. The summed E-state index contributed by atoms with van der Waals surface area (Å²) in [5, 5.41) is 0. The highest BCUT2D eigenvalue weighted by Gasteiger charge is 2.29. The predicted molar refractivity (Wildman–Crippen MR) is 106 cm³/mol. The number of likely N-dealkylation sites (tertiary alicyclic amines) is 2. The molecule has 3 fully saturated rings. The van der Waals surface area contributed by atoms with Crippen molar-refractivity contribution in [2.24, 2.45) is 5.92 Å². The van der Waals surface area contributed by atoms with E-state index < -0.39 is 0 Å². The molecule has 0 amide bonds. The lowest BCUT2D eigenvalue weighted by Crippen LogP contribution is -2.42. The summed E-state index contributed by atoms with van der Waals surface area (Å²) < 4.78 is 0. The Labute approximate surface area is 159 Å². The molecule has 1 aromatic rings. The van der Waals surface area contributed by atoms with Gasteiger partial charge < -0.3 is 4.90 Å². The van der Waals surface area contributed by atoms with Crippen LogP contribution < -0.4 is 0 Å². The van der Waals surface area contributed by atoms with Crippen LogP contribution in [0.5, 0.6) is 0 Å². The quantitative estimate of drug-likeness (QED) is 0.791. The van der Waals surface area contributed by atoms with Crippen molar-refractivity contribution in [2.75, 3.05) is 26.2 Å². The van der Waals surface area contributed by atoms with Gasteiger partial charge in [-0.05, 0) is 77.5 Å². The highest BCUT2D eigenvalue weighted by atomic mass is 15.2. The second kappa shape index (κ2) is 8.79. The van der Waals surface area contributed by atoms with Crippen molar-refractivity contribution >= 4 is 0 Å². The molecule has 1 saturated carbocycles. The van der Waals surface area contributed by atoms with Crippen LogP contribution in [0.25, 0.3) is 0 Å². The molecule has 1 atom stereocenters. The number of hydrogen-bond donors (Lipinski definition) is 0. The lowest BCUT2D eigenvalue weighted by atomic mass is 9.88. The van der Waals surface area contributed by atoms with Crippen LogP contribution >= 0.6 is 0 Å². The van der Waals surface area contributed by atoms with Crippen molar-refractivity contribution in [1.82, 2.24) is 19.8 Å². The zero-order valence-electron chi connectivity index (χ0n) is 16.6. The van der Waals surface area contributed by atoms with Gasteiger partial charge in [0.2, 0.25) is 0 Å². The first kappa shape index (κ1) is 18.4. The molecule has 0 N–H and O–H groups in total. The number of nitrogens with zero attached hydrogens (tertiary/aromatic N) is 4. The van der Waals surface area contributed by atoms with E-state index in [0.29, 0.717) is 5.92 Å². The van der Waals surface area contributed by atoms with Crippen molar-refractivity contribution in [3.63, 3.8) is 0 Å². The van der Waals surface area contributed by atoms with Gasteiger partial charge in [0.1, 0.15) is 5.82 Å². The molecule has 26 heavy (non-hydrogen) atoms. The predicted octanol–water partition coefficient (Wildman–Crippen LogP) is 4.22. The number of piperidine rings is 1. The van der Waals surface area contributed by atoms with Crippen molar-refractivity contribution in [3.05, 3.63) is 23.8 Å². The third-order valence-corrected chi connectivity index (χ3v) is 7.13. The smallest absolute Gasteiger partial charge is 0.131 e. The SMILES string of the molecule is C[C@@H](C1CCN(Cc2cnc(C3CCCCC3)nc2)CC1)N1CCCC1. The molecular formula is C22H36N4. The first-order chi connectivity index (χ1) is 12.8. The lowest BCUT2D eigenvalue weighted by molar-refractivity contribution is 0.108. The third-order valence-electron chi connectivity index (χ3n) is 7.13. The van der Waals surface area contributed by atoms with Crippen molar-refractivity contribution < 1.29 is 0 Å². The fraction of sp³-hybridized carbons (Fsp3) is 0.818. The highest BCUT2D eigenvalue weighted by Crippen LogP contribution is 2.30. The maximum Gasteiger partial charge on any atom is 0.131 e. The molecule has 2 aliphatic heterocycles. The Kier molecular flexibility index (Phi) is 6.21. The maximum absolute atomic E-state index is 4.72. The van der Waals surface area contributed by atoms with Crippen LogP contribution in [-0.2, 0) is 6.54 Å². The summed E-state index contributed by atoms with van der Waals surface area (Å²) in [4.78, 5) is 14.8. The van der Waals surface area contributed by atoms with Crippen LogP contribution in [0.3, 0.4) is 0 Å². The van der Waals surface area contributed by atoms with Crippen LogP contribution in [-0.4, -0.2) is 52.0 Å². The van der Waals surface area contributed by atoms with Gasteiger partial charge >= 0.3 is 0 Å². The summed E-state index contributed by atoms with van der Waals surface area (Å²) in [5.41, 5.74) is 1.29. The molecule has 1 aromatic heterocycles. The standard InChI is InChI=1S/C22H36N4/c1-18(26-11-5-6-12-26)20-9-13-25(14-10-20)17-19-15-23-22(24-16-19)21-7-3-2-4-8-21/h15-16,18,20-21H,2-14,17H2,1H3/t18-/m0/s1. The molecule has 4 heteroatoms. The largest absolute Gasteiger partial charge is 0.300 e. The summed E-state index contributed by atoms with van der Waals surface area (Å²) in [7, 11) is 0. The lowest BCUT2D eigenvalue weighted by Gasteiger charge is -2.38. The van der Waals surface area contributed by atoms with Gasteiger partial charge in [0.15, 0.2) is 0 Å². The Bertz CT molecular complexity index is 538. The number of rotatable bonds is 5. The van der Waals surface area contributed by atoms with E-state index in [4.69, 9.17) is 9.97 Å². The molecule has 0 spiro atoms. The van der Waals surface area contributed by atoms with Gasteiger partial charge in [-0.25, -0.2) is 9.97 Å². The van der Waals surface area contributed by atoms with Gasteiger partial charge in [0.25, 0.3) is 0 Å². The normalized spacial score (nSPS) is 25.6. The zero-order valence-corrected chi connectivity index (χ0v) is 16.6. The van der Waals surface area contributed by atoms with Gasteiger partial charge in [-0.2, -0.15) is 0 Å². The fourth-order valence-corrected chi connectivity index (χ4v) is 5.32. The summed E-state index contributed by atoms with van der Waals surface area (Å²) in [6.07, 6.45) is 16.3. The van der Waals surface area contributed by atoms with Crippen molar-refractivity contribution in [3.8, 4) is 0 Å². The van der Waals surface area contributed by atoms with Crippen LogP contribution in [0.15, 0.2) is 12.4 Å². The third kappa shape index (κ3) is 4.45. The molecule has 3 aliphatic rings. The molecular weight excluding hydrogens is 320 g/mol. The Balaban J connectivity index is 1.25. The summed E-state index contributed by atoms with van der Waals surface area (Å²) in [6.45, 7) is 8.60. The fourth-order valence-electron chi connectivity index (χ4n) is 5.32. The first-order valence-corrected chi connectivity index (χ1v) is 11.1. The van der Waals surface area contributed by atoms with Crippen molar-refractivity contribution in [2.45, 2.75) is 83.2 Å². The molecule has 144 valence electrons. The molecule has 4 nitrogen and oxygen atoms in total. The van der Waals surface area contributed by atoms with E-state index in [-0.39, 0.29) is 0 Å². The van der Waals surface area contributed by atoms with Crippen molar-refractivity contribution in [1.29, 1.82) is 0 Å². The second-order valence-electron chi connectivity index (χ2n) is 8.88. The Hall–Kier alpha value is -1.00. The molecule has 0 radical (unpaired) electrons. The van der Waals surface area contributed by atoms with Gasteiger partial charge in [-0.3, -0.25) is 4.90 Å². The van der Waals surface area contributed by atoms with E-state index in [1.54, 1.807) is 0 Å². The minimum atomic E-state index is 0.612. The monoisotopic (exact) mass is 356 g/mol. The highest BCUT2D eigenvalue weighted by molar-refractivity contribution is 5.08. The second-order valence-corrected chi connectivity index (χ2v) is 8.88. The van der Waals surface area contributed by atoms with E-state index in [2.05, 4.69) is 29.1 Å². The Morgan fingerprint density at radius 3 is 2.19 bits per heavy atom. The van der Waals surface area contributed by atoms with Crippen LogP contribution in [0.2, 0.25) is 0 Å². The Morgan fingerprint density at radius 2 is 1.54 bits per heavy atom. The van der Waals surface area contributed by atoms with Gasteiger partial charge in [0, 0.05) is 36.5 Å². The number of aromatic nitrogens is 2. The molecule has 0 unspecified atom stereocenters. The molecule has 2 saturated heterocycles. The number of hydrogen-bond acceptors (Lipinski definition) is 4. The molecule has 0 bridgehead atoms. The van der Waals surface area contributed by atoms with E-state index in [9.17, 15) is 0 Å². The minimum Gasteiger partial charge on any atom is -0.300 e. The first-order valence-electron chi connectivity index (χ1n) is 11.1. The Morgan fingerprint density at radius 1 is 0.885 bits per heavy atom. The topological polar surface area (TPSA) is 32.3 Å². The minimum absolute atomic E-state index is 0.612. The maximum atomic E-state index is 4.72.